The number of pyridine rings is 1. The van der Waals surface area contributed by atoms with Crippen LogP contribution in [0.3, 0.4) is 0 Å². The summed E-state index contributed by atoms with van der Waals surface area (Å²) < 4.78 is 11.7. The van der Waals surface area contributed by atoms with Gasteiger partial charge in [-0.3, -0.25) is 10.1 Å². The van der Waals surface area contributed by atoms with Crippen molar-refractivity contribution in [3.8, 4) is 5.75 Å². The number of aromatic amines is 1. The molecule has 3 aromatic carbocycles. The summed E-state index contributed by atoms with van der Waals surface area (Å²) in [5.41, 5.74) is 4.46. The summed E-state index contributed by atoms with van der Waals surface area (Å²) in [5, 5.41) is 5.46. The van der Waals surface area contributed by atoms with Crippen molar-refractivity contribution in [2.75, 3.05) is 22.6 Å². The van der Waals surface area contributed by atoms with Gasteiger partial charge in [0.05, 0.1) is 17.4 Å². The van der Waals surface area contributed by atoms with Gasteiger partial charge in [-0.1, -0.05) is 48.5 Å². The third-order valence-electron chi connectivity index (χ3n) is 7.49. The minimum absolute atomic E-state index is 0.0388. The fourth-order valence-corrected chi connectivity index (χ4v) is 5.88. The molecule has 8 nitrogen and oxygen atoms in total. The molecule has 0 saturated heterocycles. The van der Waals surface area contributed by atoms with Crippen LogP contribution in [-0.2, 0) is 11.3 Å². The number of aromatic nitrogens is 2. The van der Waals surface area contributed by atoms with Gasteiger partial charge in [0.25, 0.3) is 5.91 Å². The van der Waals surface area contributed by atoms with Crippen molar-refractivity contribution in [1.82, 2.24) is 9.97 Å². The monoisotopic (exact) mass is 596 g/mol. The van der Waals surface area contributed by atoms with Crippen molar-refractivity contribution in [2.24, 2.45) is 0 Å². The Kier molecular flexibility index (Phi) is 7.48. The van der Waals surface area contributed by atoms with E-state index in [0.29, 0.717) is 41.8 Å². The Morgan fingerprint density at radius 1 is 1.09 bits per heavy atom. The van der Waals surface area contributed by atoms with Crippen LogP contribution in [0, 0.1) is 6.92 Å². The molecule has 1 unspecified atom stereocenters. The fraction of sp³-hybridized carbons (Fsp3) is 0.265. The lowest BCUT2D eigenvalue weighted by atomic mass is 9.92. The van der Waals surface area contributed by atoms with Gasteiger partial charge < -0.3 is 19.4 Å². The van der Waals surface area contributed by atoms with Gasteiger partial charge in [-0.05, 0) is 61.9 Å². The quantitative estimate of drug-likeness (QED) is 0.194. The van der Waals surface area contributed by atoms with Gasteiger partial charge in [0, 0.05) is 35.2 Å². The number of benzene rings is 3. The highest BCUT2D eigenvalue weighted by atomic mass is 35.5. The van der Waals surface area contributed by atoms with Crippen LogP contribution in [0.1, 0.15) is 53.9 Å². The smallest absolute Gasteiger partial charge is 0.413 e. The van der Waals surface area contributed by atoms with E-state index in [0.717, 1.165) is 38.5 Å². The molecule has 0 radical (unpaired) electrons. The number of aryl methyl sites for hydroxylation is 1. The van der Waals surface area contributed by atoms with E-state index in [9.17, 15) is 9.59 Å². The number of nitrogens with zero attached hydrogens (tertiary/aromatic N) is 2. The molecule has 0 spiro atoms. The van der Waals surface area contributed by atoms with Crippen molar-refractivity contribution in [1.29, 1.82) is 0 Å². The van der Waals surface area contributed by atoms with Gasteiger partial charge in [-0.2, -0.15) is 0 Å². The molecule has 2 amide bonds. The number of anilines is 2. The number of fused-ring (bicyclic) bond motifs is 4. The first kappa shape index (κ1) is 28.6. The second-order valence-electron chi connectivity index (χ2n) is 11.8. The Morgan fingerprint density at radius 2 is 1.88 bits per heavy atom. The van der Waals surface area contributed by atoms with E-state index >= 15 is 0 Å². The van der Waals surface area contributed by atoms with E-state index in [-0.39, 0.29) is 11.8 Å². The van der Waals surface area contributed by atoms with E-state index in [1.54, 1.807) is 44.0 Å². The van der Waals surface area contributed by atoms with Crippen molar-refractivity contribution in [2.45, 2.75) is 45.8 Å². The first-order valence-electron chi connectivity index (χ1n) is 14.2. The molecule has 2 N–H and O–H groups in total. The molecule has 1 aliphatic heterocycles. The number of rotatable bonds is 6. The normalized spacial score (nSPS) is 14.6. The molecule has 220 valence electrons. The standard InChI is InChI=1S/C34H33ClN4O4/c1-20-9-8-12-24-28(42-19-21-10-6-5-7-11-21)15-27-31(30(20)24)23(16-35)18-39(27)32(40)25-13-22-14-29(36-17-26(22)37-25)38-33(41)43-34(2,3)4/h5-15,17,23,37H,16,18-19H2,1-4H3,(H,36,38,41). The van der Waals surface area contributed by atoms with Crippen molar-refractivity contribution in [3.05, 3.63) is 95.3 Å². The highest BCUT2D eigenvalue weighted by molar-refractivity contribution is 6.19. The Labute approximate surface area is 255 Å². The average molecular weight is 597 g/mol. The average Bonchev–Trinajstić information content (AvgIpc) is 3.56. The van der Waals surface area contributed by atoms with E-state index < -0.39 is 11.7 Å². The Balaban J connectivity index is 1.35. The maximum absolute atomic E-state index is 14.1. The number of amides is 2. The van der Waals surface area contributed by atoms with Crippen LogP contribution < -0.4 is 15.0 Å². The van der Waals surface area contributed by atoms with Gasteiger partial charge in [-0.15, -0.1) is 11.6 Å². The lowest BCUT2D eigenvalue weighted by Gasteiger charge is -2.20. The topological polar surface area (TPSA) is 96.6 Å². The number of H-pyrrole nitrogens is 1. The second kappa shape index (κ2) is 11.3. The van der Waals surface area contributed by atoms with Crippen LogP contribution in [0.2, 0.25) is 0 Å². The van der Waals surface area contributed by atoms with E-state index in [4.69, 9.17) is 21.1 Å². The Morgan fingerprint density at radius 3 is 2.63 bits per heavy atom. The summed E-state index contributed by atoms with van der Waals surface area (Å²) in [7, 11) is 0. The molecule has 5 aromatic rings. The van der Waals surface area contributed by atoms with Gasteiger partial charge >= 0.3 is 6.09 Å². The van der Waals surface area contributed by atoms with E-state index in [1.807, 2.05) is 42.5 Å². The molecule has 0 bridgehead atoms. The van der Waals surface area contributed by atoms with Crippen LogP contribution in [-0.4, -0.2) is 40.0 Å². The highest BCUT2D eigenvalue weighted by Crippen LogP contribution is 2.47. The lowest BCUT2D eigenvalue weighted by Crippen LogP contribution is -2.30. The number of hydrogen-bond acceptors (Lipinski definition) is 5. The number of nitrogens with one attached hydrogen (secondary N) is 2. The van der Waals surface area contributed by atoms with Crippen LogP contribution in [0.4, 0.5) is 16.3 Å². The van der Waals surface area contributed by atoms with Crippen LogP contribution in [0.25, 0.3) is 21.7 Å². The van der Waals surface area contributed by atoms with E-state index in [1.165, 1.54) is 0 Å². The van der Waals surface area contributed by atoms with Crippen LogP contribution >= 0.6 is 11.6 Å². The van der Waals surface area contributed by atoms with Crippen LogP contribution in [0.15, 0.2) is 72.9 Å². The predicted molar refractivity (Wildman–Crippen MR) is 171 cm³/mol. The Hall–Kier alpha value is -4.56. The number of carbonyl (C=O) groups excluding carboxylic acids is 2. The molecular formula is C34H33ClN4O4. The fourth-order valence-electron chi connectivity index (χ4n) is 5.63. The zero-order valence-electron chi connectivity index (χ0n) is 24.5. The largest absolute Gasteiger partial charge is 0.488 e. The van der Waals surface area contributed by atoms with Gasteiger partial charge in [0.2, 0.25) is 0 Å². The molecule has 43 heavy (non-hydrogen) atoms. The number of alkyl halides is 1. The van der Waals surface area contributed by atoms with Crippen LogP contribution in [0.5, 0.6) is 5.75 Å². The maximum atomic E-state index is 14.1. The van der Waals surface area contributed by atoms with Gasteiger partial charge in [0.15, 0.2) is 0 Å². The molecule has 6 rings (SSSR count). The first-order chi connectivity index (χ1) is 20.6. The maximum Gasteiger partial charge on any atom is 0.413 e. The minimum atomic E-state index is -0.634. The van der Waals surface area contributed by atoms with Crippen molar-refractivity contribution in [3.63, 3.8) is 0 Å². The van der Waals surface area contributed by atoms with Crippen molar-refractivity contribution >= 4 is 56.8 Å². The van der Waals surface area contributed by atoms with E-state index in [2.05, 4.69) is 34.3 Å². The first-order valence-corrected chi connectivity index (χ1v) is 14.7. The SMILES string of the molecule is Cc1cccc2c(OCc3ccccc3)cc3c(c12)C(CCl)CN3C(=O)c1cc2cc(NC(=O)OC(C)(C)C)ncc2[nH]1. The molecule has 0 aliphatic carbocycles. The van der Waals surface area contributed by atoms with Gasteiger partial charge in [-0.25, -0.2) is 9.78 Å². The summed E-state index contributed by atoms with van der Waals surface area (Å²) in [5.74, 6) is 1.20. The molecule has 1 atom stereocenters. The zero-order valence-corrected chi connectivity index (χ0v) is 25.3. The number of halogens is 1. The molecular weight excluding hydrogens is 564 g/mol. The second-order valence-corrected chi connectivity index (χ2v) is 12.1. The molecule has 1 aliphatic rings. The molecule has 0 saturated carbocycles. The minimum Gasteiger partial charge on any atom is -0.488 e. The Bertz CT molecular complexity index is 1840. The molecule has 0 fully saturated rings. The molecule has 2 aromatic heterocycles. The lowest BCUT2D eigenvalue weighted by molar-refractivity contribution is 0.0635. The summed E-state index contributed by atoms with van der Waals surface area (Å²) in [6.07, 6.45) is 0.991. The number of ether oxygens (including phenoxy) is 2. The van der Waals surface area contributed by atoms with Gasteiger partial charge in [0.1, 0.15) is 29.5 Å². The molecule has 3 heterocycles. The third kappa shape index (κ3) is 5.75. The summed E-state index contributed by atoms with van der Waals surface area (Å²) in [6, 6.07) is 21.6. The summed E-state index contributed by atoms with van der Waals surface area (Å²) in [4.78, 5) is 35.6. The highest BCUT2D eigenvalue weighted by Gasteiger charge is 2.36. The third-order valence-corrected chi connectivity index (χ3v) is 7.86. The number of carbonyl (C=O) groups is 2. The molecule has 9 heteroatoms. The summed E-state index contributed by atoms with van der Waals surface area (Å²) >= 11 is 6.52. The van der Waals surface area contributed by atoms with Crippen molar-refractivity contribution < 1.29 is 19.1 Å². The zero-order chi connectivity index (χ0) is 30.3. The predicted octanol–water partition coefficient (Wildman–Crippen LogP) is 7.93. The summed E-state index contributed by atoms with van der Waals surface area (Å²) in [6.45, 7) is 8.31. The number of hydrogen-bond donors (Lipinski definition) is 2.